The second-order valence-corrected chi connectivity index (χ2v) is 4.26. The maximum Gasteiger partial charge on any atom is 0.242 e. The molecular formula is C10H19ClN2O2. The molecule has 5 heteroatoms. The molecule has 0 bridgehead atoms. The number of carbonyl (C=O) groups excluding carboxylic acids is 2. The van der Waals surface area contributed by atoms with Gasteiger partial charge < -0.3 is 10.6 Å². The molecule has 4 nitrogen and oxygen atoms in total. The second kappa shape index (κ2) is 6.67. The van der Waals surface area contributed by atoms with Crippen LogP contribution in [0, 0.1) is 5.92 Å². The number of halogens is 1. The molecule has 0 saturated carbocycles. The van der Waals surface area contributed by atoms with Crippen LogP contribution < -0.4 is 10.6 Å². The monoisotopic (exact) mass is 234 g/mol. The first-order chi connectivity index (χ1) is 6.88. The minimum absolute atomic E-state index is 0.0716. The third-order valence-corrected chi connectivity index (χ3v) is 2.32. The Balaban J connectivity index is 4.07. The van der Waals surface area contributed by atoms with Gasteiger partial charge in [0, 0.05) is 17.8 Å². The van der Waals surface area contributed by atoms with Crippen LogP contribution in [0.3, 0.4) is 0 Å². The van der Waals surface area contributed by atoms with Crippen LogP contribution in [0.2, 0.25) is 0 Å². The molecule has 0 saturated heterocycles. The average molecular weight is 235 g/mol. The van der Waals surface area contributed by atoms with E-state index < -0.39 is 6.04 Å². The molecule has 0 aromatic heterocycles. The Hall–Kier alpha value is -0.770. The number of nitrogens with one attached hydrogen (secondary N) is 2. The topological polar surface area (TPSA) is 58.2 Å². The molecule has 0 radical (unpaired) electrons. The van der Waals surface area contributed by atoms with Crippen LogP contribution in [0.5, 0.6) is 0 Å². The molecule has 0 aliphatic rings. The van der Waals surface area contributed by atoms with Crippen molar-refractivity contribution < 1.29 is 9.59 Å². The highest BCUT2D eigenvalue weighted by atomic mass is 35.5. The van der Waals surface area contributed by atoms with E-state index in [0.29, 0.717) is 0 Å². The fraction of sp³-hybridized carbons (Fsp3) is 0.800. The number of carbonyl (C=O) groups is 2. The fourth-order valence-electron chi connectivity index (χ4n) is 0.901. The van der Waals surface area contributed by atoms with Crippen molar-refractivity contribution in [3.8, 4) is 0 Å². The van der Waals surface area contributed by atoms with Crippen LogP contribution in [-0.4, -0.2) is 29.8 Å². The summed E-state index contributed by atoms with van der Waals surface area (Å²) >= 11 is 5.53. The smallest absolute Gasteiger partial charge is 0.242 e. The summed E-state index contributed by atoms with van der Waals surface area (Å²) in [5, 5.41) is 5.32. The zero-order valence-corrected chi connectivity index (χ0v) is 10.4. The highest BCUT2D eigenvalue weighted by molar-refractivity contribution is 6.19. The van der Waals surface area contributed by atoms with Gasteiger partial charge in [-0.1, -0.05) is 6.92 Å². The van der Waals surface area contributed by atoms with E-state index in [1.165, 1.54) is 0 Å². The number of alkyl halides is 1. The minimum atomic E-state index is -0.523. The summed E-state index contributed by atoms with van der Waals surface area (Å²) in [4.78, 5) is 22.8. The highest BCUT2D eigenvalue weighted by Gasteiger charge is 2.19. The Labute approximate surface area is 95.7 Å². The summed E-state index contributed by atoms with van der Waals surface area (Å²) in [6, 6.07) is -0.451. The normalized spacial score (nSPS) is 14.5. The van der Waals surface area contributed by atoms with Gasteiger partial charge in [-0.15, -0.1) is 11.6 Å². The molecule has 0 aliphatic heterocycles. The lowest BCUT2D eigenvalue weighted by atomic mass is 10.2. The molecule has 2 unspecified atom stereocenters. The molecule has 2 atom stereocenters. The van der Waals surface area contributed by atoms with E-state index >= 15 is 0 Å². The first-order valence-corrected chi connectivity index (χ1v) is 5.58. The van der Waals surface area contributed by atoms with Crippen LogP contribution in [0.15, 0.2) is 0 Å². The molecule has 0 aromatic carbocycles. The Morgan fingerprint density at radius 2 is 1.60 bits per heavy atom. The third kappa shape index (κ3) is 5.62. The summed E-state index contributed by atoms with van der Waals surface area (Å²) in [5.74, 6) is -0.401. The van der Waals surface area contributed by atoms with Gasteiger partial charge in [-0.2, -0.15) is 0 Å². The zero-order chi connectivity index (χ0) is 12.0. The molecule has 0 rings (SSSR count). The second-order valence-electron chi connectivity index (χ2n) is 3.95. The van der Waals surface area contributed by atoms with Crippen molar-refractivity contribution in [3.63, 3.8) is 0 Å². The first kappa shape index (κ1) is 14.2. The molecule has 0 spiro atoms. The Morgan fingerprint density at radius 1 is 1.07 bits per heavy atom. The van der Waals surface area contributed by atoms with E-state index in [1.54, 1.807) is 13.8 Å². The van der Waals surface area contributed by atoms with Crippen molar-refractivity contribution in [1.29, 1.82) is 0 Å². The third-order valence-electron chi connectivity index (χ3n) is 1.86. The standard InChI is InChI=1S/C10H19ClN2O2/c1-6(2)12-10(15)8(4)13-9(14)7(3)5-11/h6-8H,5H2,1-4H3,(H,12,15)(H,13,14). The largest absolute Gasteiger partial charge is 0.352 e. The van der Waals surface area contributed by atoms with Gasteiger partial charge in [0.1, 0.15) is 6.04 Å². The molecule has 0 aliphatic carbocycles. The van der Waals surface area contributed by atoms with Crippen molar-refractivity contribution in [3.05, 3.63) is 0 Å². The Bertz CT molecular complexity index is 231. The predicted molar refractivity (Wildman–Crippen MR) is 60.8 cm³/mol. The maximum atomic E-state index is 11.4. The van der Waals surface area contributed by atoms with Gasteiger partial charge in [0.25, 0.3) is 0 Å². The summed E-state index contributed by atoms with van der Waals surface area (Å²) < 4.78 is 0. The predicted octanol–water partition coefficient (Wildman–Crippen LogP) is 0.891. The Morgan fingerprint density at radius 3 is 2.00 bits per heavy atom. The molecule has 2 amide bonds. The van der Waals surface area contributed by atoms with Crippen molar-refractivity contribution in [2.45, 2.75) is 39.8 Å². The molecule has 0 fully saturated rings. The number of rotatable bonds is 5. The van der Waals surface area contributed by atoms with Gasteiger partial charge in [-0.25, -0.2) is 0 Å². The molecular weight excluding hydrogens is 216 g/mol. The van der Waals surface area contributed by atoms with Crippen molar-refractivity contribution in [1.82, 2.24) is 10.6 Å². The fourth-order valence-corrected chi connectivity index (χ4v) is 1.04. The average Bonchev–Trinajstić information content (AvgIpc) is 2.15. The van der Waals surface area contributed by atoms with Gasteiger partial charge >= 0.3 is 0 Å². The van der Waals surface area contributed by atoms with Gasteiger partial charge in [0.05, 0.1) is 0 Å². The lowest BCUT2D eigenvalue weighted by Gasteiger charge is -2.17. The van der Waals surface area contributed by atoms with Crippen LogP contribution in [0.25, 0.3) is 0 Å². The Kier molecular flexibility index (Phi) is 6.32. The zero-order valence-electron chi connectivity index (χ0n) is 9.63. The van der Waals surface area contributed by atoms with Gasteiger partial charge in [0.15, 0.2) is 0 Å². The van der Waals surface area contributed by atoms with Crippen molar-refractivity contribution in [2.24, 2.45) is 5.92 Å². The van der Waals surface area contributed by atoms with E-state index in [0.717, 1.165) is 0 Å². The van der Waals surface area contributed by atoms with Crippen LogP contribution >= 0.6 is 11.6 Å². The summed E-state index contributed by atoms with van der Waals surface area (Å²) in [6.07, 6.45) is 0. The SMILES string of the molecule is CC(C)NC(=O)C(C)NC(=O)C(C)CCl. The lowest BCUT2D eigenvalue weighted by Crippen LogP contribution is -2.48. The summed E-state index contributed by atoms with van der Waals surface area (Å²) in [7, 11) is 0. The van der Waals surface area contributed by atoms with E-state index in [1.807, 2.05) is 13.8 Å². The highest BCUT2D eigenvalue weighted by Crippen LogP contribution is 1.98. The van der Waals surface area contributed by atoms with Crippen LogP contribution in [0.4, 0.5) is 0 Å². The molecule has 0 heterocycles. The van der Waals surface area contributed by atoms with Gasteiger partial charge in [-0.3, -0.25) is 9.59 Å². The van der Waals surface area contributed by atoms with Crippen LogP contribution in [-0.2, 0) is 9.59 Å². The van der Waals surface area contributed by atoms with Gasteiger partial charge in [-0.05, 0) is 20.8 Å². The van der Waals surface area contributed by atoms with E-state index in [2.05, 4.69) is 10.6 Å². The van der Waals surface area contributed by atoms with Crippen LogP contribution in [0.1, 0.15) is 27.7 Å². The number of amides is 2. The molecule has 88 valence electrons. The quantitative estimate of drug-likeness (QED) is 0.695. The van der Waals surface area contributed by atoms with E-state index in [4.69, 9.17) is 11.6 Å². The van der Waals surface area contributed by atoms with Gasteiger partial charge in [0.2, 0.25) is 11.8 Å². The van der Waals surface area contributed by atoms with E-state index in [9.17, 15) is 9.59 Å². The number of hydrogen-bond donors (Lipinski definition) is 2. The van der Waals surface area contributed by atoms with Crippen molar-refractivity contribution in [2.75, 3.05) is 5.88 Å². The van der Waals surface area contributed by atoms with Crippen molar-refractivity contribution >= 4 is 23.4 Å². The minimum Gasteiger partial charge on any atom is -0.352 e. The summed E-state index contributed by atoms with van der Waals surface area (Å²) in [5.41, 5.74) is 0. The maximum absolute atomic E-state index is 11.4. The first-order valence-electron chi connectivity index (χ1n) is 5.05. The molecule has 0 aromatic rings. The lowest BCUT2D eigenvalue weighted by molar-refractivity contribution is -0.130. The molecule has 15 heavy (non-hydrogen) atoms. The number of hydrogen-bond acceptors (Lipinski definition) is 2. The van der Waals surface area contributed by atoms with E-state index in [-0.39, 0.29) is 29.7 Å². The molecule has 2 N–H and O–H groups in total. The summed E-state index contributed by atoms with van der Waals surface area (Å²) in [6.45, 7) is 7.10.